The summed E-state index contributed by atoms with van der Waals surface area (Å²) in [4.78, 5) is 0. The topological polar surface area (TPSA) is 44.6 Å². The third-order valence-corrected chi connectivity index (χ3v) is 2.22. The quantitative estimate of drug-likeness (QED) is 0.647. The third-order valence-electron chi connectivity index (χ3n) is 2.22. The van der Waals surface area contributed by atoms with Gasteiger partial charge in [0, 0.05) is 6.07 Å². The molecule has 2 rings (SSSR count). The fourth-order valence-electron chi connectivity index (χ4n) is 1.32. The van der Waals surface area contributed by atoms with E-state index in [1.807, 2.05) is 0 Å². The van der Waals surface area contributed by atoms with Gasteiger partial charge in [0.1, 0.15) is 11.6 Å². The molecule has 2 N–H and O–H groups in total. The minimum atomic E-state index is -0.710. The minimum absolute atomic E-state index is 0.0893. The monoisotopic (exact) mass is 248 g/mol. The SMILES string of the molecule is Oc1ccc(/C=N/Nc2ccc(F)cc2F)cc1. The van der Waals surface area contributed by atoms with E-state index in [4.69, 9.17) is 5.11 Å². The molecule has 0 bridgehead atoms. The molecule has 5 heteroatoms. The van der Waals surface area contributed by atoms with Gasteiger partial charge in [-0.1, -0.05) is 0 Å². The number of hydrogen-bond acceptors (Lipinski definition) is 3. The van der Waals surface area contributed by atoms with Gasteiger partial charge in [-0.15, -0.1) is 0 Å². The van der Waals surface area contributed by atoms with Crippen LogP contribution < -0.4 is 5.43 Å². The Labute approximate surface area is 102 Å². The van der Waals surface area contributed by atoms with Crippen LogP contribution in [-0.4, -0.2) is 11.3 Å². The number of benzene rings is 2. The number of aromatic hydroxyl groups is 1. The Hall–Kier alpha value is -2.43. The number of halogens is 2. The Morgan fingerprint density at radius 1 is 1.06 bits per heavy atom. The normalized spacial score (nSPS) is 10.8. The standard InChI is InChI=1S/C13H10F2N2O/c14-10-3-6-13(12(15)7-10)17-16-8-9-1-4-11(18)5-2-9/h1-8,17-18H/b16-8+. The lowest BCUT2D eigenvalue weighted by Crippen LogP contribution is -1.94. The van der Waals surface area contributed by atoms with E-state index in [0.717, 1.165) is 17.7 Å². The summed E-state index contributed by atoms with van der Waals surface area (Å²) in [7, 11) is 0. The summed E-state index contributed by atoms with van der Waals surface area (Å²) in [6.45, 7) is 0. The molecule has 0 saturated carbocycles. The van der Waals surface area contributed by atoms with Crippen LogP contribution in [0.2, 0.25) is 0 Å². The highest BCUT2D eigenvalue weighted by Crippen LogP contribution is 2.14. The van der Waals surface area contributed by atoms with Crippen molar-refractivity contribution in [2.45, 2.75) is 0 Å². The van der Waals surface area contributed by atoms with Crippen LogP contribution in [0.25, 0.3) is 0 Å². The first kappa shape index (κ1) is 12.0. The van der Waals surface area contributed by atoms with Gasteiger partial charge >= 0.3 is 0 Å². The van der Waals surface area contributed by atoms with E-state index in [2.05, 4.69) is 10.5 Å². The van der Waals surface area contributed by atoms with Gasteiger partial charge in [-0.3, -0.25) is 5.43 Å². The third kappa shape index (κ3) is 3.04. The molecular weight excluding hydrogens is 238 g/mol. The molecule has 18 heavy (non-hydrogen) atoms. The molecular formula is C13H10F2N2O. The fourth-order valence-corrected chi connectivity index (χ4v) is 1.32. The number of phenolic OH excluding ortho intramolecular Hbond substituents is 1. The lowest BCUT2D eigenvalue weighted by atomic mass is 10.2. The van der Waals surface area contributed by atoms with Gasteiger partial charge in [-0.25, -0.2) is 8.78 Å². The van der Waals surface area contributed by atoms with E-state index in [9.17, 15) is 8.78 Å². The number of nitrogens with zero attached hydrogens (tertiary/aromatic N) is 1. The number of nitrogens with one attached hydrogen (secondary N) is 1. The van der Waals surface area contributed by atoms with Gasteiger partial charge in [-0.2, -0.15) is 5.10 Å². The Balaban J connectivity index is 2.05. The summed E-state index contributed by atoms with van der Waals surface area (Å²) in [6, 6.07) is 9.52. The highest BCUT2D eigenvalue weighted by molar-refractivity contribution is 5.80. The zero-order valence-electron chi connectivity index (χ0n) is 9.27. The van der Waals surface area contributed by atoms with E-state index in [-0.39, 0.29) is 11.4 Å². The first-order valence-corrected chi connectivity index (χ1v) is 5.18. The molecule has 0 heterocycles. The average molecular weight is 248 g/mol. The van der Waals surface area contributed by atoms with Crippen LogP contribution in [0.1, 0.15) is 5.56 Å². The molecule has 0 unspecified atom stereocenters. The summed E-state index contributed by atoms with van der Waals surface area (Å²) < 4.78 is 25.9. The summed E-state index contributed by atoms with van der Waals surface area (Å²) in [5.74, 6) is -1.19. The van der Waals surface area contributed by atoms with Gasteiger partial charge in [0.15, 0.2) is 5.82 Å². The molecule has 0 aromatic heterocycles. The van der Waals surface area contributed by atoms with Crippen LogP contribution in [-0.2, 0) is 0 Å². The molecule has 3 nitrogen and oxygen atoms in total. The predicted octanol–water partition coefficient (Wildman–Crippen LogP) is 3.12. The van der Waals surface area contributed by atoms with Gasteiger partial charge in [0.05, 0.1) is 11.9 Å². The number of rotatable bonds is 3. The maximum Gasteiger partial charge on any atom is 0.151 e. The van der Waals surface area contributed by atoms with Crippen LogP contribution >= 0.6 is 0 Å². The average Bonchev–Trinajstić information content (AvgIpc) is 2.34. The molecule has 92 valence electrons. The highest BCUT2D eigenvalue weighted by atomic mass is 19.1. The van der Waals surface area contributed by atoms with Crippen LogP contribution in [0.5, 0.6) is 5.75 Å². The van der Waals surface area contributed by atoms with Crippen LogP contribution in [0.15, 0.2) is 47.6 Å². The molecule has 0 spiro atoms. The molecule has 0 aliphatic heterocycles. The van der Waals surface area contributed by atoms with E-state index >= 15 is 0 Å². The minimum Gasteiger partial charge on any atom is -0.508 e. The van der Waals surface area contributed by atoms with Gasteiger partial charge < -0.3 is 5.11 Å². The van der Waals surface area contributed by atoms with E-state index < -0.39 is 11.6 Å². The zero-order chi connectivity index (χ0) is 13.0. The molecule has 0 aliphatic carbocycles. The number of phenols is 1. The fraction of sp³-hybridized carbons (Fsp3) is 0. The number of hydrogen-bond donors (Lipinski definition) is 2. The molecule has 0 saturated heterocycles. The van der Waals surface area contributed by atoms with Crippen molar-refractivity contribution in [3.05, 3.63) is 59.7 Å². The van der Waals surface area contributed by atoms with Crippen molar-refractivity contribution in [3.63, 3.8) is 0 Å². The number of anilines is 1. The number of hydrazone groups is 1. The van der Waals surface area contributed by atoms with Crippen molar-refractivity contribution >= 4 is 11.9 Å². The second kappa shape index (κ2) is 5.27. The van der Waals surface area contributed by atoms with Crippen LogP contribution in [0, 0.1) is 11.6 Å². The second-order valence-corrected chi connectivity index (χ2v) is 3.59. The van der Waals surface area contributed by atoms with Crippen LogP contribution in [0.4, 0.5) is 14.5 Å². The van der Waals surface area contributed by atoms with Crippen molar-refractivity contribution in [2.24, 2.45) is 5.10 Å². The Morgan fingerprint density at radius 2 is 1.78 bits per heavy atom. The van der Waals surface area contributed by atoms with Crippen molar-refractivity contribution in [2.75, 3.05) is 5.43 Å². The Morgan fingerprint density at radius 3 is 2.44 bits per heavy atom. The summed E-state index contributed by atoms with van der Waals surface area (Å²) in [5, 5.41) is 12.9. The van der Waals surface area contributed by atoms with Gasteiger partial charge in [-0.05, 0) is 42.0 Å². The van der Waals surface area contributed by atoms with E-state index in [1.54, 1.807) is 12.1 Å². The maximum atomic E-state index is 13.2. The highest BCUT2D eigenvalue weighted by Gasteiger charge is 2.01. The molecule has 2 aromatic carbocycles. The second-order valence-electron chi connectivity index (χ2n) is 3.59. The van der Waals surface area contributed by atoms with E-state index in [1.165, 1.54) is 24.4 Å². The summed E-state index contributed by atoms with van der Waals surface area (Å²) >= 11 is 0. The molecule has 0 amide bonds. The molecule has 2 aromatic rings. The van der Waals surface area contributed by atoms with Gasteiger partial charge in [0.2, 0.25) is 0 Å². The van der Waals surface area contributed by atoms with Crippen molar-refractivity contribution in [3.8, 4) is 5.75 Å². The van der Waals surface area contributed by atoms with Crippen molar-refractivity contribution in [1.82, 2.24) is 0 Å². The van der Waals surface area contributed by atoms with E-state index in [0.29, 0.717) is 0 Å². The summed E-state index contributed by atoms with van der Waals surface area (Å²) in [5.41, 5.74) is 3.30. The summed E-state index contributed by atoms with van der Waals surface area (Å²) in [6.07, 6.45) is 1.46. The van der Waals surface area contributed by atoms with Crippen LogP contribution in [0.3, 0.4) is 0 Å². The predicted molar refractivity (Wildman–Crippen MR) is 65.7 cm³/mol. The van der Waals surface area contributed by atoms with Crippen molar-refractivity contribution in [1.29, 1.82) is 0 Å². The molecule has 0 atom stereocenters. The largest absolute Gasteiger partial charge is 0.508 e. The molecule has 0 fully saturated rings. The Bertz CT molecular complexity index is 568. The van der Waals surface area contributed by atoms with Crippen molar-refractivity contribution < 1.29 is 13.9 Å². The molecule has 0 aliphatic rings. The molecule has 0 radical (unpaired) electrons. The Kier molecular flexibility index (Phi) is 3.52. The first-order valence-electron chi connectivity index (χ1n) is 5.18. The smallest absolute Gasteiger partial charge is 0.151 e. The maximum absolute atomic E-state index is 13.2. The first-order chi connectivity index (χ1) is 8.65. The lowest BCUT2D eigenvalue weighted by Gasteiger charge is -2.01. The van der Waals surface area contributed by atoms with Gasteiger partial charge in [0.25, 0.3) is 0 Å². The zero-order valence-corrected chi connectivity index (χ0v) is 9.27. The lowest BCUT2D eigenvalue weighted by molar-refractivity contribution is 0.475.